The first-order chi connectivity index (χ1) is 26.7. The van der Waals surface area contributed by atoms with Crippen molar-refractivity contribution in [1.29, 1.82) is 0 Å². The van der Waals surface area contributed by atoms with E-state index in [4.69, 9.17) is 18.8 Å². The van der Waals surface area contributed by atoms with Gasteiger partial charge in [-0.1, -0.05) is 141 Å². The molecule has 0 bridgehead atoms. The SMILES string of the molecule is CCCCCCCC/C=C\CCCCCCCC(=O)OCC(COC(=O)CCCCCCC/C=C\CCCCCCCC)OC(=O)NCCCOS(=O)(=O)O.[Na]. The fraction of sp³-hybridized carbons (Fsp3) is 0.837. The second-order valence-electron chi connectivity index (χ2n) is 14.6. The number of ether oxygens (including phenoxy) is 3. The number of carbonyl (C=O) groups excluding carboxylic acids is 3. The largest absolute Gasteiger partial charge is 0.462 e. The molecule has 0 unspecified atom stereocenters. The van der Waals surface area contributed by atoms with Gasteiger partial charge in [0.1, 0.15) is 13.2 Å². The van der Waals surface area contributed by atoms with Crippen LogP contribution in [0.4, 0.5) is 4.79 Å². The van der Waals surface area contributed by atoms with Crippen molar-refractivity contribution >= 4 is 58.0 Å². The van der Waals surface area contributed by atoms with Crippen LogP contribution in [0.2, 0.25) is 0 Å². The van der Waals surface area contributed by atoms with Crippen LogP contribution >= 0.6 is 0 Å². The number of unbranched alkanes of at least 4 members (excludes halogenated alkanes) is 22. The molecule has 0 heterocycles. The summed E-state index contributed by atoms with van der Waals surface area (Å²) in [6, 6.07) is 0. The number of amides is 1. The maximum absolute atomic E-state index is 12.4. The van der Waals surface area contributed by atoms with Crippen molar-refractivity contribution < 1.29 is 45.7 Å². The molecule has 0 fully saturated rings. The minimum absolute atomic E-state index is 0. The van der Waals surface area contributed by atoms with Gasteiger partial charge >= 0.3 is 28.4 Å². The van der Waals surface area contributed by atoms with Crippen LogP contribution in [0.1, 0.15) is 200 Å². The van der Waals surface area contributed by atoms with Gasteiger partial charge in [0.2, 0.25) is 0 Å². The van der Waals surface area contributed by atoms with Crippen LogP contribution in [0.25, 0.3) is 0 Å². The predicted octanol–water partition coefficient (Wildman–Crippen LogP) is 11.1. The molecule has 0 saturated carbocycles. The molecular weight excluding hydrogens is 746 g/mol. The van der Waals surface area contributed by atoms with Crippen LogP contribution in [0.3, 0.4) is 0 Å². The summed E-state index contributed by atoms with van der Waals surface area (Å²) in [5, 5.41) is 2.44. The number of alkyl carbamates (subject to hydrolysis) is 1. The Morgan fingerprint density at radius 2 is 0.911 bits per heavy atom. The van der Waals surface area contributed by atoms with Gasteiger partial charge in [0.15, 0.2) is 6.10 Å². The quantitative estimate of drug-likeness (QED) is 0.0152. The van der Waals surface area contributed by atoms with Crippen molar-refractivity contribution in [2.45, 2.75) is 206 Å². The van der Waals surface area contributed by atoms with E-state index in [-0.39, 0.29) is 75.2 Å². The van der Waals surface area contributed by atoms with Gasteiger partial charge in [-0.2, -0.15) is 8.42 Å². The Hall–Kier alpha value is -1.44. The Kier molecular flexibility index (Phi) is 43.7. The van der Waals surface area contributed by atoms with Crippen molar-refractivity contribution in [2.75, 3.05) is 26.4 Å². The summed E-state index contributed by atoms with van der Waals surface area (Å²) in [5.41, 5.74) is 0. The van der Waals surface area contributed by atoms with E-state index in [1.54, 1.807) is 0 Å². The molecule has 0 aliphatic carbocycles. The van der Waals surface area contributed by atoms with Gasteiger partial charge in [0.05, 0.1) is 6.61 Å². The number of hydrogen-bond donors (Lipinski definition) is 2. The average molecular weight is 825 g/mol. The van der Waals surface area contributed by atoms with Gasteiger partial charge in [-0.25, -0.2) is 8.98 Å². The van der Waals surface area contributed by atoms with E-state index in [0.29, 0.717) is 12.8 Å². The van der Waals surface area contributed by atoms with Crippen molar-refractivity contribution in [3.05, 3.63) is 24.3 Å². The summed E-state index contributed by atoms with van der Waals surface area (Å²) >= 11 is 0. The maximum atomic E-state index is 12.4. The molecule has 0 rings (SSSR count). The fourth-order valence-corrected chi connectivity index (χ4v) is 6.26. The Bertz CT molecular complexity index is 1030. The number of hydrogen-bond acceptors (Lipinski definition) is 9. The smallest absolute Gasteiger partial charge is 0.407 e. The van der Waals surface area contributed by atoms with Gasteiger partial charge < -0.3 is 19.5 Å². The van der Waals surface area contributed by atoms with Crippen LogP contribution in [-0.4, -0.2) is 93.0 Å². The first-order valence-electron chi connectivity index (χ1n) is 21.9. The molecule has 0 saturated heterocycles. The molecule has 1 radical (unpaired) electrons. The molecule has 56 heavy (non-hydrogen) atoms. The summed E-state index contributed by atoms with van der Waals surface area (Å²) in [6.07, 6.45) is 38.1. The average Bonchev–Trinajstić information content (AvgIpc) is 3.15. The molecule has 13 heteroatoms. The predicted molar refractivity (Wildman–Crippen MR) is 227 cm³/mol. The van der Waals surface area contributed by atoms with Crippen LogP contribution in [-0.2, 0) is 38.4 Å². The minimum Gasteiger partial charge on any atom is -0.462 e. The number of rotatable bonds is 40. The van der Waals surface area contributed by atoms with Crippen LogP contribution in [0.5, 0.6) is 0 Å². The van der Waals surface area contributed by atoms with Crippen LogP contribution < -0.4 is 5.32 Å². The van der Waals surface area contributed by atoms with Crippen molar-refractivity contribution in [2.24, 2.45) is 0 Å². The first kappa shape index (κ1) is 56.7. The number of allylic oxidation sites excluding steroid dienone is 4. The zero-order valence-corrected chi connectivity index (χ0v) is 38.6. The molecule has 0 aliphatic rings. The fourth-order valence-electron chi connectivity index (χ4n) is 5.93. The minimum atomic E-state index is -4.56. The summed E-state index contributed by atoms with van der Waals surface area (Å²) in [4.78, 5) is 37.2. The van der Waals surface area contributed by atoms with Gasteiger partial charge in [-0.05, 0) is 70.6 Å². The van der Waals surface area contributed by atoms with E-state index in [0.717, 1.165) is 64.2 Å². The normalized spacial score (nSPS) is 11.6. The first-order valence-corrected chi connectivity index (χ1v) is 23.2. The zero-order valence-electron chi connectivity index (χ0n) is 35.8. The third-order valence-electron chi connectivity index (χ3n) is 9.24. The Morgan fingerprint density at radius 3 is 1.29 bits per heavy atom. The van der Waals surface area contributed by atoms with Gasteiger partial charge in [0.25, 0.3) is 0 Å². The van der Waals surface area contributed by atoms with E-state index < -0.39 is 34.5 Å². The second kappa shape index (κ2) is 43.1. The zero-order chi connectivity index (χ0) is 40.5. The monoisotopic (exact) mass is 825 g/mol. The maximum Gasteiger partial charge on any atom is 0.407 e. The molecule has 11 nitrogen and oxygen atoms in total. The second-order valence-corrected chi connectivity index (χ2v) is 15.7. The van der Waals surface area contributed by atoms with Crippen molar-refractivity contribution in [3.8, 4) is 0 Å². The Morgan fingerprint density at radius 1 is 0.554 bits per heavy atom. The van der Waals surface area contributed by atoms with E-state index >= 15 is 0 Å². The van der Waals surface area contributed by atoms with E-state index in [1.807, 2.05) is 0 Å². The molecule has 2 N–H and O–H groups in total. The molecule has 1 amide bonds. The van der Waals surface area contributed by atoms with Crippen molar-refractivity contribution in [1.82, 2.24) is 5.32 Å². The Labute approximate surface area is 363 Å². The molecule has 0 atom stereocenters. The molecule has 0 aromatic rings. The van der Waals surface area contributed by atoms with Gasteiger partial charge in [-0.15, -0.1) is 0 Å². The molecule has 0 aromatic heterocycles. The topological polar surface area (TPSA) is 155 Å². The third-order valence-corrected chi connectivity index (χ3v) is 9.71. The van der Waals surface area contributed by atoms with Crippen LogP contribution in [0.15, 0.2) is 24.3 Å². The van der Waals surface area contributed by atoms with E-state index in [1.165, 1.54) is 89.9 Å². The summed E-state index contributed by atoms with van der Waals surface area (Å²) < 4.78 is 50.2. The molecule has 323 valence electrons. The summed E-state index contributed by atoms with van der Waals surface area (Å²) in [5.74, 6) is -0.817. The van der Waals surface area contributed by atoms with E-state index in [2.05, 4.69) is 47.7 Å². The molecule has 0 spiro atoms. The van der Waals surface area contributed by atoms with E-state index in [9.17, 15) is 22.8 Å². The third kappa shape index (κ3) is 45.3. The van der Waals surface area contributed by atoms with Crippen molar-refractivity contribution in [3.63, 3.8) is 0 Å². The molecule has 0 aromatic carbocycles. The molecular formula is C43H79NNaO10S. The number of nitrogens with one attached hydrogen (secondary N) is 1. The Balaban J connectivity index is 0. The molecule has 0 aliphatic heterocycles. The van der Waals surface area contributed by atoms with Gasteiger partial charge in [-0.3, -0.25) is 14.1 Å². The number of esters is 2. The summed E-state index contributed by atoms with van der Waals surface area (Å²) in [6.45, 7) is 3.64. The van der Waals surface area contributed by atoms with Gasteiger partial charge in [0, 0.05) is 48.9 Å². The summed E-state index contributed by atoms with van der Waals surface area (Å²) in [7, 11) is -4.56. The number of carbonyl (C=O) groups is 3. The standard InChI is InChI=1S/C43H79NO10S.Na/c1-3-5-7-9-11-13-15-17-19-21-23-25-27-29-31-34-41(45)51-38-40(54-43(47)44-36-33-37-53-55(48,49)50)39-52-42(46)35-32-30-28-26-24-22-20-18-16-14-12-10-8-6-4-2;/h17-20,40H,3-16,21-39H2,1-2H3,(H,44,47)(H,48,49,50);/b19-17-,20-18-;. The van der Waals surface area contributed by atoms with Crippen LogP contribution in [0, 0.1) is 0 Å².